The van der Waals surface area contributed by atoms with Gasteiger partial charge in [-0.2, -0.15) is 0 Å². The van der Waals surface area contributed by atoms with Gasteiger partial charge in [0, 0.05) is 10.2 Å². The number of benzene rings is 2. The zero-order chi connectivity index (χ0) is 12.3. The second kappa shape index (κ2) is 5.23. The number of ether oxygens (including phenoxy) is 1. The predicted octanol–water partition coefficient (Wildman–Crippen LogP) is 3.92. The van der Waals surface area contributed by atoms with Crippen LogP contribution in [0.5, 0.6) is 5.75 Å². The standard InChI is InChI=1S/C14H14BrNO/c1-10-7-13(16)6-5-11(10)9-17-14-4-2-3-12(15)8-14/h2-8H,9,16H2,1H3. The van der Waals surface area contributed by atoms with E-state index in [-0.39, 0.29) is 0 Å². The highest BCUT2D eigenvalue weighted by molar-refractivity contribution is 9.10. The molecule has 0 bridgehead atoms. The molecule has 2 rings (SSSR count). The van der Waals surface area contributed by atoms with Crippen molar-refractivity contribution in [2.75, 3.05) is 5.73 Å². The summed E-state index contributed by atoms with van der Waals surface area (Å²) < 4.78 is 6.74. The second-order valence-corrected chi connectivity index (χ2v) is 4.85. The zero-order valence-electron chi connectivity index (χ0n) is 9.61. The van der Waals surface area contributed by atoms with Gasteiger partial charge in [0.1, 0.15) is 12.4 Å². The van der Waals surface area contributed by atoms with Crippen LogP contribution in [0.25, 0.3) is 0 Å². The Labute approximate surface area is 110 Å². The van der Waals surface area contributed by atoms with Crippen molar-refractivity contribution in [2.24, 2.45) is 0 Å². The van der Waals surface area contributed by atoms with Crippen molar-refractivity contribution in [1.29, 1.82) is 0 Å². The summed E-state index contributed by atoms with van der Waals surface area (Å²) in [4.78, 5) is 0. The van der Waals surface area contributed by atoms with Gasteiger partial charge < -0.3 is 10.5 Å². The maximum atomic E-state index is 5.72. The lowest BCUT2D eigenvalue weighted by Crippen LogP contribution is -1.98. The zero-order valence-corrected chi connectivity index (χ0v) is 11.2. The first kappa shape index (κ1) is 12.0. The third kappa shape index (κ3) is 3.24. The normalized spacial score (nSPS) is 10.2. The van der Waals surface area contributed by atoms with Crippen LogP contribution in [0.1, 0.15) is 11.1 Å². The minimum absolute atomic E-state index is 0.558. The highest BCUT2D eigenvalue weighted by Gasteiger charge is 2.00. The lowest BCUT2D eigenvalue weighted by Gasteiger charge is -2.09. The fraction of sp³-hybridized carbons (Fsp3) is 0.143. The molecule has 2 aromatic rings. The van der Waals surface area contributed by atoms with Crippen LogP contribution >= 0.6 is 15.9 Å². The van der Waals surface area contributed by atoms with E-state index < -0.39 is 0 Å². The minimum atomic E-state index is 0.558. The summed E-state index contributed by atoms with van der Waals surface area (Å²) in [6, 6.07) is 13.7. The Balaban J connectivity index is 2.07. The Bertz CT molecular complexity index is 525. The molecular formula is C14H14BrNO. The van der Waals surface area contributed by atoms with Crippen LogP contribution in [-0.2, 0) is 6.61 Å². The SMILES string of the molecule is Cc1cc(N)ccc1COc1cccc(Br)c1. The first-order valence-corrected chi connectivity index (χ1v) is 6.18. The van der Waals surface area contributed by atoms with Gasteiger partial charge >= 0.3 is 0 Å². The van der Waals surface area contributed by atoms with Crippen LogP contribution in [-0.4, -0.2) is 0 Å². The van der Waals surface area contributed by atoms with Gasteiger partial charge in [-0.3, -0.25) is 0 Å². The molecule has 88 valence electrons. The molecule has 0 saturated carbocycles. The average Bonchev–Trinajstić information content (AvgIpc) is 2.28. The van der Waals surface area contributed by atoms with E-state index in [1.807, 2.05) is 49.4 Å². The van der Waals surface area contributed by atoms with E-state index in [1.165, 1.54) is 0 Å². The highest BCUT2D eigenvalue weighted by Crippen LogP contribution is 2.20. The molecule has 0 aliphatic rings. The summed E-state index contributed by atoms with van der Waals surface area (Å²) >= 11 is 3.42. The van der Waals surface area contributed by atoms with E-state index in [0.717, 1.165) is 27.0 Å². The molecule has 3 heteroatoms. The molecule has 0 heterocycles. The van der Waals surface area contributed by atoms with E-state index in [0.29, 0.717) is 6.61 Å². The van der Waals surface area contributed by atoms with E-state index in [1.54, 1.807) is 0 Å². The minimum Gasteiger partial charge on any atom is -0.489 e. The van der Waals surface area contributed by atoms with Crippen LogP contribution in [0.2, 0.25) is 0 Å². The molecule has 0 aliphatic heterocycles. The van der Waals surface area contributed by atoms with Gasteiger partial charge in [0.2, 0.25) is 0 Å². The summed E-state index contributed by atoms with van der Waals surface area (Å²) in [5.74, 6) is 0.857. The molecule has 0 unspecified atom stereocenters. The Morgan fingerprint density at radius 1 is 1.18 bits per heavy atom. The number of hydrogen-bond acceptors (Lipinski definition) is 2. The average molecular weight is 292 g/mol. The Morgan fingerprint density at radius 2 is 2.00 bits per heavy atom. The number of rotatable bonds is 3. The Kier molecular flexibility index (Phi) is 3.69. The Hall–Kier alpha value is -1.48. The van der Waals surface area contributed by atoms with Gasteiger partial charge in [-0.15, -0.1) is 0 Å². The first-order chi connectivity index (χ1) is 8.15. The smallest absolute Gasteiger partial charge is 0.120 e. The van der Waals surface area contributed by atoms with Gasteiger partial charge in [0.25, 0.3) is 0 Å². The van der Waals surface area contributed by atoms with Crippen LogP contribution in [0.15, 0.2) is 46.9 Å². The Morgan fingerprint density at radius 3 is 2.71 bits per heavy atom. The molecule has 2 aromatic carbocycles. The van der Waals surface area contributed by atoms with Gasteiger partial charge in [0.15, 0.2) is 0 Å². The largest absolute Gasteiger partial charge is 0.489 e. The predicted molar refractivity (Wildman–Crippen MR) is 74.1 cm³/mol. The molecule has 0 aromatic heterocycles. The van der Waals surface area contributed by atoms with Crippen molar-refractivity contribution in [2.45, 2.75) is 13.5 Å². The molecule has 0 radical (unpaired) electrons. The summed E-state index contributed by atoms with van der Waals surface area (Å²) in [6.45, 7) is 2.60. The number of nitrogen functional groups attached to an aromatic ring is 1. The third-order valence-electron chi connectivity index (χ3n) is 2.56. The molecule has 0 saturated heterocycles. The van der Waals surface area contributed by atoms with Crippen molar-refractivity contribution >= 4 is 21.6 Å². The van der Waals surface area contributed by atoms with E-state index >= 15 is 0 Å². The number of aryl methyl sites for hydroxylation is 1. The summed E-state index contributed by atoms with van der Waals surface area (Å²) in [7, 11) is 0. The molecule has 2 N–H and O–H groups in total. The lowest BCUT2D eigenvalue weighted by molar-refractivity contribution is 0.305. The molecule has 0 spiro atoms. The summed E-state index contributed by atoms with van der Waals surface area (Å²) in [5, 5.41) is 0. The quantitative estimate of drug-likeness (QED) is 0.870. The molecule has 2 nitrogen and oxygen atoms in total. The van der Waals surface area contributed by atoms with E-state index in [9.17, 15) is 0 Å². The van der Waals surface area contributed by atoms with Gasteiger partial charge in [-0.1, -0.05) is 28.1 Å². The molecule has 0 atom stereocenters. The van der Waals surface area contributed by atoms with Crippen molar-refractivity contribution in [3.8, 4) is 5.75 Å². The maximum Gasteiger partial charge on any atom is 0.120 e. The van der Waals surface area contributed by atoms with Crippen molar-refractivity contribution in [3.05, 3.63) is 58.1 Å². The van der Waals surface area contributed by atoms with Crippen LogP contribution in [0.4, 0.5) is 5.69 Å². The van der Waals surface area contributed by atoms with Gasteiger partial charge in [-0.25, -0.2) is 0 Å². The topological polar surface area (TPSA) is 35.2 Å². The van der Waals surface area contributed by atoms with Crippen LogP contribution in [0, 0.1) is 6.92 Å². The number of anilines is 1. The van der Waals surface area contributed by atoms with Crippen molar-refractivity contribution in [1.82, 2.24) is 0 Å². The van der Waals surface area contributed by atoms with Crippen LogP contribution < -0.4 is 10.5 Å². The first-order valence-electron chi connectivity index (χ1n) is 5.38. The van der Waals surface area contributed by atoms with Crippen molar-refractivity contribution in [3.63, 3.8) is 0 Å². The second-order valence-electron chi connectivity index (χ2n) is 3.93. The molecule has 0 fully saturated rings. The van der Waals surface area contributed by atoms with Gasteiger partial charge in [-0.05, 0) is 48.4 Å². The fourth-order valence-electron chi connectivity index (χ4n) is 1.60. The highest BCUT2D eigenvalue weighted by atomic mass is 79.9. The number of halogens is 1. The monoisotopic (exact) mass is 291 g/mol. The van der Waals surface area contributed by atoms with E-state index in [2.05, 4.69) is 15.9 Å². The molecule has 17 heavy (non-hydrogen) atoms. The van der Waals surface area contributed by atoms with Crippen LogP contribution in [0.3, 0.4) is 0 Å². The van der Waals surface area contributed by atoms with Gasteiger partial charge in [0.05, 0.1) is 0 Å². The molecule has 0 amide bonds. The van der Waals surface area contributed by atoms with E-state index in [4.69, 9.17) is 10.5 Å². The summed E-state index contributed by atoms with van der Waals surface area (Å²) in [5.41, 5.74) is 8.80. The maximum absolute atomic E-state index is 5.72. The molecule has 0 aliphatic carbocycles. The molecular weight excluding hydrogens is 278 g/mol. The summed E-state index contributed by atoms with van der Waals surface area (Å²) in [6.07, 6.45) is 0. The lowest BCUT2D eigenvalue weighted by atomic mass is 10.1. The number of nitrogens with two attached hydrogens (primary N) is 1. The van der Waals surface area contributed by atoms with Crippen molar-refractivity contribution < 1.29 is 4.74 Å². The fourth-order valence-corrected chi connectivity index (χ4v) is 1.98. The third-order valence-corrected chi connectivity index (χ3v) is 3.05. The number of hydrogen-bond donors (Lipinski definition) is 1.